The minimum atomic E-state index is -3.19. The molecule has 0 radical (unpaired) electrons. The molecule has 0 spiro atoms. The van der Waals surface area contributed by atoms with Crippen LogP contribution in [0, 0.1) is 0 Å². The van der Waals surface area contributed by atoms with Crippen LogP contribution in [-0.4, -0.2) is 27.4 Å². The van der Waals surface area contributed by atoms with Crippen LogP contribution < -0.4 is 4.72 Å². The van der Waals surface area contributed by atoms with E-state index in [4.69, 9.17) is 9.47 Å². The zero-order valence-electron chi connectivity index (χ0n) is 12.0. The van der Waals surface area contributed by atoms with E-state index < -0.39 is 10.0 Å². The summed E-state index contributed by atoms with van der Waals surface area (Å²) >= 11 is 1.20. The van der Waals surface area contributed by atoms with E-state index in [2.05, 4.69) is 17.9 Å². The van der Waals surface area contributed by atoms with Crippen molar-refractivity contribution in [1.29, 1.82) is 0 Å². The minimum absolute atomic E-state index is 0.00241. The molecule has 6 nitrogen and oxygen atoms in total. The molecule has 8 heteroatoms. The van der Waals surface area contributed by atoms with Crippen LogP contribution in [0.3, 0.4) is 0 Å². The van der Waals surface area contributed by atoms with Gasteiger partial charge in [-0.3, -0.25) is 0 Å². The molecule has 1 aliphatic heterocycles. The Balaban J connectivity index is 0.000000224. The van der Waals surface area contributed by atoms with Gasteiger partial charge < -0.3 is 14.6 Å². The SMILES string of the molecule is C=C/C=C(/O)C1=C(C=C)OCO1.CNS(=O)(=O)c1cccs1. The van der Waals surface area contributed by atoms with Crippen LogP contribution in [0.4, 0.5) is 0 Å². The predicted molar refractivity (Wildman–Crippen MR) is 85.7 cm³/mol. The van der Waals surface area contributed by atoms with Gasteiger partial charge >= 0.3 is 0 Å². The molecule has 1 aromatic rings. The Morgan fingerprint density at radius 1 is 1.45 bits per heavy atom. The van der Waals surface area contributed by atoms with Crippen molar-refractivity contribution in [3.05, 3.63) is 66.2 Å². The number of rotatable bonds is 5. The maximum atomic E-state index is 11.0. The maximum Gasteiger partial charge on any atom is 0.249 e. The third-order valence-corrected chi connectivity index (χ3v) is 5.18. The van der Waals surface area contributed by atoms with Crippen molar-refractivity contribution >= 4 is 21.4 Å². The van der Waals surface area contributed by atoms with Gasteiger partial charge in [0.2, 0.25) is 22.6 Å². The average Bonchev–Trinajstić information content (AvgIpc) is 3.19. The number of nitrogens with one attached hydrogen (secondary N) is 1. The number of thiophene rings is 1. The molecule has 0 aliphatic carbocycles. The number of hydrogen-bond acceptors (Lipinski definition) is 6. The number of hydrogen-bond donors (Lipinski definition) is 2. The van der Waals surface area contributed by atoms with Crippen LogP contribution in [0.1, 0.15) is 0 Å². The third kappa shape index (κ3) is 4.76. The second-order valence-corrected chi connectivity index (χ2v) is 6.79. The highest BCUT2D eigenvalue weighted by atomic mass is 32.2. The molecule has 0 unspecified atom stereocenters. The normalized spacial score (nSPS) is 14.5. The molecule has 2 rings (SSSR count). The zero-order valence-corrected chi connectivity index (χ0v) is 13.6. The molecular formula is C14H17NO5S2. The van der Waals surface area contributed by atoms with Crippen molar-refractivity contribution in [3.63, 3.8) is 0 Å². The molecule has 2 N–H and O–H groups in total. The maximum absolute atomic E-state index is 11.0. The smallest absolute Gasteiger partial charge is 0.249 e. The lowest BCUT2D eigenvalue weighted by Gasteiger charge is -1.97. The first-order chi connectivity index (χ1) is 10.5. The molecule has 1 aromatic heterocycles. The summed E-state index contributed by atoms with van der Waals surface area (Å²) in [4.78, 5) is 0. The molecule has 22 heavy (non-hydrogen) atoms. The summed E-state index contributed by atoms with van der Waals surface area (Å²) in [7, 11) is -1.79. The summed E-state index contributed by atoms with van der Waals surface area (Å²) in [6.45, 7) is 7.07. The zero-order chi connectivity index (χ0) is 16.6. The lowest BCUT2D eigenvalue weighted by Crippen LogP contribution is -2.16. The Kier molecular flexibility index (Phi) is 6.90. The minimum Gasteiger partial charge on any atom is -0.504 e. The van der Waals surface area contributed by atoms with Gasteiger partial charge in [0.15, 0.2) is 11.5 Å². The van der Waals surface area contributed by atoms with E-state index in [9.17, 15) is 13.5 Å². The first kappa shape index (κ1) is 18.0. The third-order valence-electron chi connectivity index (χ3n) is 2.36. The van der Waals surface area contributed by atoms with Crippen LogP contribution in [0.5, 0.6) is 0 Å². The first-order valence-corrected chi connectivity index (χ1v) is 8.44. The van der Waals surface area contributed by atoms with E-state index in [1.54, 1.807) is 17.5 Å². The molecule has 0 amide bonds. The highest BCUT2D eigenvalue weighted by molar-refractivity contribution is 7.91. The van der Waals surface area contributed by atoms with Crippen molar-refractivity contribution in [2.75, 3.05) is 13.8 Å². The van der Waals surface area contributed by atoms with Crippen molar-refractivity contribution in [1.82, 2.24) is 4.72 Å². The van der Waals surface area contributed by atoms with Crippen LogP contribution >= 0.6 is 11.3 Å². The molecule has 0 bridgehead atoms. The lowest BCUT2D eigenvalue weighted by molar-refractivity contribution is 0.0720. The van der Waals surface area contributed by atoms with Crippen LogP contribution in [0.15, 0.2) is 70.4 Å². The second-order valence-electron chi connectivity index (χ2n) is 3.73. The van der Waals surface area contributed by atoms with Crippen molar-refractivity contribution in [2.24, 2.45) is 0 Å². The Morgan fingerprint density at radius 3 is 2.68 bits per heavy atom. The number of allylic oxidation sites excluding steroid dienone is 3. The van der Waals surface area contributed by atoms with Gasteiger partial charge in [-0.25, -0.2) is 13.1 Å². The summed E-state index contributed by atoms with van der Waals surface area (Å²) in [5.74, 6) is 0.757. The number of aliphatic hydroxyl groups excluding tert-OH is 1. The van der Waals surface area contributed by atoms with Gasteiger partial charge in [0, 0.05) is 0 Å². The monoisotopic (exact) mass is 343 g/mol. The Hall–Kier alpha value is -2.03. The summed E-state index contributed by atoms with van der Waals surface area (Å²) in [5, 5.41) is 11.1. The number of ether oxygens (including phenoxy) is 2. The fraction of sp³-hybridized carbons (Fsp3) is 0.143. The Morgan fingerprint density at radius 2 is 2.18 bits per heavy atom. The quantitative estimate of drug-likeness (QED) is 0.634. The first-order valence-electron chi connectivity index (χ1n) is 6.07. The molecule has 120 valence electrons. The van der Waals surface area contributed by atoms with E-state index in [1.807, 2.05) is 0 Å². The molecular weight excluding hydrogens is 326 g/mol. The topological polar surface area (TPSA) is 84.9 Å². The molecule has 0 fully saturated rings. The standard InChI is InChI=1S/C9H10O3.C5H7NO2S2/c1-3-5-7(10)9-8(4-2)11-6-12-9;1-6-10(7,8)5-3-2-4-9-5/h3-5,10H,1-2,6H2;2-4,6H,1H3/b7-5+;. The van der Waals surface area contributed by atoms with Gasteiger partial charge in [-0.2, -0.15) is 0 Å². The van der Waals surface area contributed by atoms with Crippen LogP contribution in [0.25, 0.3) is 0 Å². The number of aliphatic hydroxyl groups is 1. The van der Waals surface area contributed by atoms with Gasteiger partial charge in [0.05, 0.1) is 0 Å². The highest BCUT2D eigenvalue weighted by Crippen LogP contribution is 2.22. The average molecular weight is 343 g/mol. The molecule has 0 saturated heterocycles. The summed E-state index contributed by atoms with van der Waals surface area (Å²) in [5.41, 5.74) is 0. The van der Waals surface area contributed by atoms with E-state index in [1.165, 1.54) is 36.6 Å². The second kappa shape index (κ2) is 8.42. The summed E-state index contributed by atoms with van der Waals surface area (Å²) in [6.07, 6.45) is 4.37. The lowest BCUT2D eigenvalue weighted by atomic mass is 10.3. The molecule has 1 aliphatic rings. The van der Waals surface area contributed by atoms with Crippen molar-refractivity contribution in [3.8, 4) is 0 Å². The fourth-order valence-electron chi connectivity index (χ4n) is 1.34. The summed E-state index contributed by atoms with van der Waals surface area (Å²) in [6, 6.07) is 3.27. The van der Waals surface area contributed by atoms with E-state index in [-0.39, 0.29) is 12.6 Å². The van der Waals surface area contributed by atoms with Crippen LogP contribution in [-0.2, 0) is 19.5 Å². The van der Waals surface area contributed by atoms with Gasteiger partial charge in [-0.1, -0.05) is 25.3 Å². The Labute approximate surface area is 133 Å². The van der Waals surface area contributed by atoms with Crippen molar-refractivity contribution < 1.29 is 23.0 Å². The van der Waals surface area contributed by atoms with Gasteiger partial charge in [-0.05, 0) is 30.6 Å². The van der Waals surface area contributed by atoms with Gasteiger partial charge in [0.1, 0.15) is 4.21 Å². The Bertz CT molecular complexity index is 672. The van der Waals surface area contributed by atoms with Gasteiger partial charge in [0.25, 0.3) is 0 Å². The van der Waals surface area contributed by atoms with E-state index in [0.717, 1.165) is 0 Å². The summed E-state index contributed by atoms with van der Waals surface area (Å²) < 4.78 is 34.5. The molecule has 0 aromatic carbocycles. The van der Waals surface area contributed by atoms with Crippen molar-refractivity contribution in [2.45, 2.75) is 4.21 Å². The fourth-order valence-corrected chi connectivity index (χ4v) is 3.18. The molecule has 0 saturated carbocycles. The van der Waals surface area contributed by atoms with Crippen LogP contribution in [0.2, 0.25) is 0 Å². The van der Waals surface area contributed by atoms with Gasteiger partial charge in [-0.15, -0.1) is 11.3 Å². The van der Waals surface area contributed by atoms with E-state index in [0.29, 0.717) is 15.7 Å². The van der Waals surface area contributed by atoms with E-state index >= 15 is 0 Å². The molecule has 0 atom stereocenters. The largest absolute Gasteiger partial charge is 0.504 e. The number of sulfonamides is 1. The molecule has 2 heterocycles. The predicted octanol–water partition coefficient (Wildman–Crippen LogP) is 2.67. The highest BCUT2D eigenvalue weighted by Gasteiger charge is 2.17.